The van der Waals surface area contributed by atoms with Crippen molar-refractivity contribution in [3.05, 3.63) is 43.1 Å². The van der Waals surface area contributed by atoms with Crippen molar-refractivity contribution in [2.24, 2.45) is 0 Å². The Hall–Kier alpha value is -0.350. The van der Waals surface area contributed by atoms with Crippen LogP contribution in [0.1, 0.15) is 4.88 Å². The number of aliphatic hydroxyl groups excluding tert-OH is 1. The van der Waals surface area contributed by atoms with Gasteiger partial charge in [0.15, 0.2) is 0 Å². The molecule has 0 atom stereocenters. The summed E-state index contributed by atoms with van der Waals surface area (Å²) >= 11 is 9.27. The van der Waals surface area contributed by atoms with E-state index in [1.807, 2.05) is 0 Å². The van der Waals surface area contributed by atoms with Crippen LogP contribution < -0.4 is 4.72 Å². The summed E-state index contributed by atoms with van der Waals surface area (Å²) in [5, 5.41) is 11.1. The van der Waals surface area contributed by atoms with E-state index in [-0.39, 0.29) is 11.5 Å². The average molecular weight is 430 g/mol. The highest BCUT2D eigenvalue weighted by Crippen LogP contribution is 2.28. The van der Waals surface area contributed by atoms with Crippen molar-refractivity contribution in [2.75, 3.05) is 4.72 Å². The van der Waals surface area contributed by atoms with E-state index in [1.165, 1.54) is 17.4 Å². The van der Waals surface area contributed by atoms with Gasteiger partial charge in [-0.05, 0) is 52.2 Å². The van der Waals surface area contributed by atoms with Gasteiger partial charge in [-0.2, -0.15) is 0 Å². The third kappa shape index (κ3) is 3.40. The number of aliphatic hydroxyl groups is 1. The van der Waals surface area contributed by atoms with Crippen molar-refractivity contribution in [1.29, 1.82) is 0 Å². The quantitative estimate of drug-likeness (QED) is 0.733. The lowest BCUT2D eigenvalue weighted by atomic mass is 10.3. The van der Waals surface area contributed by atoms with Crippen LogP contribution in [0.3, 0.4) is 0 Å². The van der Waals surface area contributed by atoms with Gasteiger partial charge in [-0.15, -0.1) is 11.3 Å². The fraction of sp³-hybridized carbons (Fsp3) is 0.0909. The number of hydrogen-bond donors (Lipinski definition) is 2. The molecule has 2 aromatic rings. The molecule has 0 amide bonds. The first-order chi connectivity index (χ1) is 8.94. The van der Waals surface area contributed by atoms with Gasteiger partial charge in [-0.3, -0.25) is 4.72 Å². The van der Waals surface area contributed by atoms with E-state index in [2.05, 4.69) is 27.3 Å². The van der Waals surface area contributed by atoms with Crippen molar-refractivity contribution in [2.45, 2.75) is 11.5 Å². The molecule has 0 radical (unpaired) electrons. The van der Waals surface area contributed by atoms with Crippen molar-refractivity contribution >= 4 is 61.2 Å². The molecule has 0 saturated heterocycles. The Kier molecular flexibility index (Phi) is 4.72. The van der Waals surface area contributed by atoms with Crippen LogP contribution in [-0.4, -0.2) is 13.5 Å². The first-order valence-electron chi connectivity index (χ1n) is 5.09. The molecule has 0 fully saturated rings. The SMILES string of the molecule is O=S(=O)(Nc1ccc(I)cc1Cl)c1ccsc1CO. The third-order valence-corrected chi connectivity index (χ3v) is 5.78. The first-order valence-corrected chi connectivity index (χ1v) is 8.91. The Morgan fingerprint density at radius 2 is 2.11 bits per heavy atom. The van der Waals surface area contributed by atoms with E-state index in [4.69, 9.17) is 16.7 Å². The maximum atomic E-state index is 12.2. The van der Waals surface area contributed by atoms with Crippen LogP contribution >= 0.6 is 45.5 Å². The Morgan fingerprint density at radius 3 is 2.74 bits per heavy atom. The largest absolute Gasteiger partial charge is 0.391 e. The molecule has 8 heteroatoms. The van der Waals surface area contributed by atoms with Crippen LogP contribution in [0.15, 0.2) is 34.5 Å². The van der Waals surface area contributed by atoms with E-state index < -0.39 is 10.0 Å². The van der Waals surface area contributed by atoms with E-state index in [1.54, 1.807) is 23.6 Å². The molecule has 0 saturated carbocycles. The lowest BCUT2D eigenvalue weighted by Crippen LogP contribution is -2.14. The number of hydrogen-bond acceptors (Lipinski definition) is 4. The molecule has 2 N–H and O–H groups in total. The summed E-state index contributed by atoms with van der Waals surface area (Å²) in [4.78, 5) is 0.476. The number of anilines is 1. The van der Waals surface area contributed by atoms with Gasteiger partial charge >= 0.3 is 0 Å². The van der Waals surface area contributed by atoms with Gasteiger partial charge in [0.05, 0.1) is 22.2 Å². The molecule has 0 unspecified atom stereocenters. The Bertz CT molecular complexity index is 700. The Labute approximate surface area is 133 Å². The van der Waals surface area contributed by atoms with Crippen molar-refractivity contribution < 1.29 is 13.5 Å². The van der Waals surface area contributed by atoms with Crippen LogP contribution in [0.2, 0.25) is 5.02 Å². The number of sulfonamides is 1. The highest BCUT2D eigenvalue weighted by Gasteiger charge is 2.20. The van der Waals surface area contributed by atoms with E-state index in [0.29, 0.717) is 15.6 Å². The van der Waals surface area contributed by atoms with E-state index in [9.17, 15) is 8.42 Å². The summed E-state index contributed by atoms with van der Waals surface area (Å²) in [7, 11) is -3.73. The van der Waals surface area contributed by atoms with Gasteiger partial charge in [0.2, 0.25) is 0 Å². The molecule has 1 heterocycles. The zero-order chi connectivity index (χ0) is 14.0. The highest BCUT2D eigenvalue weighted by atomic mass is 127. The van der Waals surface area contributed by atoms with Crippen LogP contribution in [0.25, 0.3) is 0 Å². The van der Waals surface area contributed by atoms with Gasteiger partial charge in [0.1, 0.15) is 4.90 Å². The van der Waals surface area contributed by atoms with Gasteiger partial charge in [0, 0.05) is 3.57 Å². The molecular formula is C11H9ClINO3S2. The van der Waals surface area contributed by atoms with E-state index in [0.717, 1.165) is 3.57 Å². The number of rotatable bonds is 4. The molecule has 1 aromatic heterocycles. The normalized spacial score (nSPS) is 11.5. The summed E-state index contributed by atoms with van der Waals surface area (Å²) in [6.07, 6.45) is 0. The van der Waals surface area contributed by atoms with E-state index >= 15 is 0 Å². The van der Waals surface area contributed by atoms with Crippen molar-refractivity contribution in [3.8, 4) is 0 Å². The maximum Gasteiger partial charge on any atom is 0.263 e. The van der Waals surface area contributed by atoms with Gasteiger partial charge in [-0.1, -0.05) is 11.6 Å². The summed E-state index contributed by atoms with van der Waals surface area (Å²) in [6.45, 7) is -0.311. The molecule has 0 spiro atoms. The number of benzene rings is 1. The van der Waals surface area contributed by atoms with Gasteiger partial charge in [0.25, 0.3) is 10.0 Å². The maximum absolute atomic E-state index is 12.2. The Balaban J connectivity index is 2.37. The number of halogens is 2. The fourth-order valence-corrected chi connectivity index (χ4v) is 4.79. The highest BCUT2D eigenvalue weighted by molar-refractivity contribution is 14.1. The number of nitrogens with one attached hydrogen (secondary N) is 1. The molecule has 2 rings (SSSR count). The average Bonchev–Trinajstić information content (AvgIpc) is 2.82. The topological polar surface area (TPSA) is 66.4 Å². The van der Waals surface area contributed by atoms with Gasteiger partial charge in [-0.25, -0.2) is 8.42 Å². The van der Waals surface area contributed by atoms with Gasteiger partial charge < -0.3 is 5.11 Å². The molecule has 4 nitrogen and oxygen atoms in total. The lowest BCUT2D eigenvalue weighted by Gasteiger charge is -2.09. The molecule has 0 bridgehead atoms. The zero-order valence-electron chi connectivity index (χ0n) is 9.43. The predicted octanol–water partition coefficient (Wildman–Crippen LogP) is 3.30. The Morgan fingerprint density at radius 1 is 1.37 bits per heavy atom. The standard InChI is InChI=1S/C11H9ClINO3S2/c12-8-5-7(13)1-2-9(8)14-19(16,17)11-3-4-18-10(11)6-15/h1-5,14-15H,6H2. The molecule has 0 aliphatic rings. The van der Waals surface area contributed by atoms with Crippen molar-refractivity contribution in [3.63, 3.8) is 0 Å². The second-order valence-corrected chi connectivity index (χ2v) is 7.90. The second-order valence-electron chi connectivity index (χ2n) is 3.60. The molecular weight excluding hydrogens is 421 g/mol. The summed E-state index contributed by atoms with van der Waals surface area (Å²) in [6, 6.07) is 6.48. The van der Waals surface area contributed by atoms with Crippen molar-refractivity contribution in [1.82, 2.24) is 0 Å². The minimum absolute atomic E-state index is 0.0783. The molecule has 1 aromatic carbocycles. The van der Waals surface area contributed by atoms with Crippen LogP contribution in [-0.2, 0) is 16.6 Å². The first kappa shape index (κ1) is 15.0. The lowest BCUT2D eigenvalue weighted by molar-refractivity contribution is 0.282. The number of thiophene rings is 1. The minimum Gasteiger partial charge on any atom is -0.391 e. The summed E-state index contributed by atoms with van der Waals surface area (Å²) < 4.78 is 27.7. The fourth-order valence-electron chi connectivity index (χ4n) is 1.46. The smallest absolute Gasteiger partial charge is 0.263 e. The molecule has 0 aliphatic heterocycles. The monoisotopic (exact) mass is 429 g/mol. The van der Waals surface area contributed by atoms with Crippen LogP contribution in [0, 0.1) is 3.57 Å². The van der Waals surface area contributed by atoms with Crippen LogP contribution in [0.4, 0.5) is 5.69 Å². The minimum atomic E-state index is -3.73. The van der Waals surface area contributed by atoms with Crippen LogP contribution in [0.5, 0.6) is 0 Å². The predicted molar refractivity (Wildman–Crippen MR) is 85.2 cm³/mol. The second kappa shape index (κ2) is 5.96. The summed E-state index contributed by atoms with van der Waals surface area (Å²) in [5.74, 6) is 0. The molecule has 0 aliphatic carbocycles. The zero-order valence-corrected chi connectivity index (χ0v) is 14.0. The summed E-state index contributed by atoms with van der Waals surface area (Å²) in [5.41, 5.74) is 0.317. The third-order valence-electron chi connectivity index (χ3n) is 2.31. The molecule has 102 valence electrons. The molecule has 19 heavy (non-hydrogen) atoms.